The Hall–Kier alpha value is -2.74. The molecule has 1 aliphatic rings. The lowest BCUT2D eigenvalue weighted by atomic mass is 10.2. The molecule has 0 unspecified atom stereocenters. The van der Waals surface area contributed by atoms with Gasteiger partial charge in [0.2, 0.25) is 5.95 Å². The SMILES string of the molecule is Cc1cc(N2CCOCC2)nc(NCCNC(=O)c2ccccc2F)n1. The Bertz CT molecular complexity index is 765. The van der Waals surface area contributed by atoms with Crippen LogP contribution >= 0.6 is 0 Å². The number of morpholine rings is 1. The molecular weight excluding hydrogens is 337 g/mol. The topological polar surface area (TPSA) is 79.4 Å². The molecule has 1 amide bonds. The number of aryl methyl sites for hydroxylation is 1. The van der Waals surface area contributed by atoms with Crippen LogP contribution in [-0.2, 0) is 4.74 Å². The molecule has 0 saturated carbocycles. The van der Waals surface area contributed by atoms with Gasteiger partial charge in [0, 0.05) is 37.9 Å². The Balaban J connectivity index is 1.52. The first-order valence-electron chi connectivity index (χ1n) is 8.58. The van der Waals surface area contributed by atoms with E-state index in [0.717, 1.165) is 24.6 Å². The van der Waals surface area contributed by atoms with Gasteiger partial charge in [0.15, 0.2) is 0 Å². The number of carbonyl (C=O) groups excluding carboxylic acids is 1. The normalized spacial score (nSPS) is 14.2. The lowest BCUT2D eigenvalue weighted by Crippen LogP contribution is -2.37. The third kappa shape index (κ3) is 4.66. The van der Waals surface area contributed by atoms with Gasteiger partial charge in [0.1, 0.15) is 11.6 Å². The Morgan fingerprint density at radius 2 is 2.00 bits per heavy atom. The van der Waals surface area contributed by atoms with Crippen molar-refractivity contribution < 1.29 is 13.9 Å². The van der Waals surface area contributed by atoms with Gasteiger partial charge in [0.05, 0.1) is 18.8 Å². The number of amides is 1. The smallest absolute Gasteiger partial charge is 0.254 e. The first-order valence-corrected chi connectivity index (χ1v) is 8.58. The number of halogens is 1. The lowest BCUT2D eigenvalue weighted by molar-refractivity contribution is 0.0951. The highest BCUT2D eigenvalue weighted by atomic mass is 19.1. The minimum Gasteiger partial charge on any atom is -0.378 e. The first kappa shape index (κ1) is 18.1. The molecule has 7 nitrogen and oxygen atoms in total. The molecule has 0 bridgehead atoms. The van der Waals surface area contributed by atoms with E-state index < -0.39 is 11.7 Å². The van der Waals surface area contributed by atoms with Crippen LogP contribution in [0.15, 0.2) is 30.3 Å². The molecule has 1 fully saturated rings. The Kier molecular flexibility index (Phi) is 5.96. The number of rotatable bonds is 6. The van der Waals surface area contributed by atoms with Crippen molar-refractivity contribution in [1.82, 2.24) is 15.3 Å². The molecule has 2 aromatic rings. The van der Waals surface area contributed by atoms with Crippen molar-refractivity contribution in [3.8, 4) is 0 Å². The summed E-state index contributed by atoms with van der Waals surface area (Å²) in [7, 11) is 0. The second-order valence-electron chi connectivity index (χ2n) is 5.95. The highest BCUT2D eigenvalue weighted by Crippen LogP contribution is 2.16. The van der Waals surface area contributed by atoms with Crippen molar-refractivity contribution in [2.75, 3.05) is 49.6 Å². The zero-order valence-corrected chi connectivity index (χ0v) is 14.7. The number of hydrogen-bond acceptors (Lipinski definition) is 6. The van der Waals surface area contributed by atoms with Crippen molar-refractivity contribution in [3.63, 3.8) is 0 Å². The molecule has 26 heavy (non-hydrogen) atoms. The van der Waals surface area contributed by atoms with E-state index in [-0.39, 0.29) is 5.56 Å². The fourth-order valence-corrected chi connectivity index (χ4v) is 2.68. The molecule has 0 aliphatic carbocycles. The van der Waals surface area contributed by atoms with Gasteiger partial charge in [-0.15, -0.1) is 0 Å². The molecular formula is C18H22FN5O2. The number of benzene rings is 1. The summed E-state index contributed by atoms with van der Waals surface area (Å²) in [6, 6.07) is 7.84. The van der Waals surface area contributed by atoms with E-state index in [1.165, 1.54) is 12.1 Å². The maximum absolute atomic E-state index is 13.6. The number of nitrogens with one attached hydrogen (secondary N) is 2. The first-order chi connectivity index (χ1) is 12.6. The number of anilines is 2. The van der Waals surface area contributed by atoms with Crippen molar-refractivity contribution in [3.05, 3.63) is 47.4 Å². The number of nitrogens with zero attached hydrogens (tertiary/aromatic N) is 3. The number of carbonyl (C=O) groups is 1. The molecule has 138 valence electrons. The van der Waals surface area contributed by atoms with E-state index in [0.29, 0.717) is 32.3 Å². The van der Waals surface area contributed by atoms with Gasteiger partial charge in [-0.2, -0.15) is 4.98 Å². The largest absolute Gasteiger partial charge is 0.378 e. The van der Waals surface area contributed by atoms with Gasteiger partial charge >= 0.3 is 0 Å². The molecule has 3 rings (SSSR count). The van der Waals surface area contributed by atoms with E-state index in [2.05, 4.69) is 25.5 Å². The highest BCUT2D eigenvalue weighted by molar-refractivity contribution is 5.94. The second kappa shape index (κ2) is 8.57. The molecule has 1 aromatic heterocycles. The molecule has 2 N–H and O–H groups in total. The average Bonchev–Trinajstić information content (AvgIpc) is 2.66. The van der Waals surface area contributed by atoms with Crippen LogP contribution in [0.4, 0.5) is 16.2 Å². The summed E-state index contributed by atoms with van der Waals surface area (Å²) in [6.45, 7) is 5.66. The summed E-state index contributed by atoms with van der Waals surface area (Å²) in [5.41, 5.74) is 0.897. The maximum atomic E-state index is 13.6. The Morgan fingerprint density at radius 1 is 1.23 bits per heavy atom. The quantitative estimate of drug-likeness (QED) is 0.763. The van der Waals surface area contributed by atoms with Crippen LogP contribution in [0.1, 0.15) is 16.1 Å². The summed E-state index contributed by atoms with van der Waals surface area (Å²) in [4.78, 5) is 23.0. The number of hydrogen-bond donors (Lipinski definition) is 2. The number of ether oxygens (including phenoxy) is 1. The van der Waals surface area contributed by atoms with Crippen LogP contribution in [0, 0.1) is 12.7 Å². The molecule has 0 spiro atoms. The van der Waals surface area contributed by atoms with E-state index in [4.69, 9.17) is 4.74 Å². The number of aromatic nitrogens is 2. The molecule has 1 aromatic carbocycles. The molecule has 1 aliphatic heterocycles. The van der Waals surface area contributed by atoms with Crippen LogP contribution in [0.25, 0.3) is 0 Å². The zero-order chi connectivity index (χ0) is 18.4. The van der Waals surface area contributed by atoms with Crippen molar-refractivity contribution in [2.24, 2.45) is 0 Å². The van der Waals surface area contributed by atoms with Gasteiger partial charge in [-0.25, -0.2) is 9.37 Å². The van der Waals surface area contributed by atoms with Crippen LogP contribution < -0.4 is 15.5 Å². The van der Waals surface area contributed by atoms with Gasteiger partial charge in [-0.3, -0.25) is 4.79 Å². The minimum absolute atomic E-state index is 0.0360. The van der Waals surface area contributed by atoms with Gasteiger partial charge < -0.3 is 20.3 Å². The molecule has 1 saturated heterocycles. The van der Waals surface area contributed by atoms with Crippen molar-refractivity contribution >= 4 is 17.7 Å². The fraction of sp³-hybridized carbons (Fsp3) is 0.389. The monoisotopic (exact) mass is 359 g/mol. The fourth-order valence-electron chi connectivity index (χ4n) is 2.68. The second-order valence-corrected chi connectivity index (χ2v) is 5.95. The zero-order valence-electron chi connectivity index (χ0n) is 14.7. The summed E-state index contributed by atoms with van der Waals surface area (Å²) in [5, 5.41) is 5.78. The summed E-state index contributed by atoms with van der Waals surface area (Å²) >= 11 is 0. The van der Waals surface area contributed by atoms with E-state index in [1.54, 1.807) is 12.1 Å². The average molecular weight is 359 g/mol. The molecule has 8 heteroatoms. The van der Waals surface area contributed by atoms with Crippen molar-refractivity contribution in [2.45, 2.75) is 6.92 Å². The predicted molar refractivity (Wildman–Crippen MR) is 97.0 cm³/mol. The Labute approximate surface area is 151 Å². The maximum Gasteiger partial charge on any atom is 0.254 e. The van der Waals surface area contributed by atoms with Crippen LogP contribution in [0.5, 0.6) is 0 Å². The van der Waals surface area contributed by atoms with E-state index >= 15 is 0 Å². The molecule has 2 heterocycles. The van der Waals surface area contributed by atoms with Crippen LogP contribution in [-0.4, -0.2) is 55.3 Å². The van der Waals surface area contributed by atoms with Gasteiger partial charge in [0.25, 0.3) is 5.91 Å². The third-order valence-corrected chi connectivity index (χ3v) is 3.99. The van der Waals surface area contributed by atoms with Gasteiger partial charge in [-0.1, -0.05) is 12.1 Å². The third-order valence-electron chi connectivity index (χ3n) is 3.99. The molecule has 0 atom stereocenters. The standard InChI is InChI=1S/C18H22FN5O2/c1-13-12-16(24-8-10-26-11-9-24)23-18(22-13)21-7-6-20-17(25)14-4-2-3-5-15(14)19/h2-5,12H,6-11H2,1H3,(H,20,25)(H,21,22,23). The van der Waals surface area contributed by atoms with E-state index in [1.807, 2.05) is 13.0 Å². The lowest BCUT2D eigenvalue weighted by Gasteiger charge is -2.28. The van der Waals surface area contributed by atoms with Crippen molar-refractivity contribution in [1.29, 1.82) is 0 Å². The summed E-state index contributed by atoms with van der Waals surface area (Å²) < 4.78 is 18.9. The van der Waals surface area contributed by atoms with E-state index in [9.17, 15) is 9.18 Å². The predicted octanol–water partition coefficient (Wildman–Crippen LogP) is 1.60. The van der Waals surface area contributed by atoms with Crippen LogP contribution in [0.3, 0.4) is 0 Å². The van der Waals surface area contributed by atoms with Crippen LogP contribution in [0.2, 0.25) is 0 Å². The summed E-state index contributed by atoms with van der Waals surface area (Å²) in [6.07, 6.45) is 0. The Morgan fingerprint density at radius 3 is 2.77 bits per heavy atom. The van der Waals surface area contributed by atoms with Gasteiger partial charge in [-0.05, 0) is 19.1 Å². The minimum atomic E-state index is -0.532. The highest BCUT2D eigenvalue weighted by Gasteiger charge is 2.14. The molecule has 0 radical (unpaired) electrons. The summed E-state index contributed by atoms with van der Waals surface area (Å²) in [5.74, 6) is 0.393.